The summed E-state index contributed by atoms with van der Waals surface area (Å²) in [5.74, 6) is -0.608. The summed E-state index contributed by atoms with van der Waals surface area (Å²) in [4.78, 5) is 36.8. The second-order valence-electron chi connectivity index (χ2n) is 7.05. The lowest BCUT2D eigenvalue weighted by Crippen LogP contribution is -2.34. The molecule has 0 atom stereocenters. The number of anilines is 1. The average Bonchev–Trinajstić information content (AvgIpc) is 3.37. The SMILES string of the molecule is O=C(NCCNC(=O)c1ccco1)c1ccc(NC(=O)c2cccc3ccccc23)cc1. The van der Waals surface area contributed by atoms with Gasteiger partial charge in [0.2, 0.25) is 0 Å². The molecule has 160 valence electrons. The fraction of sp³-hybridized carbons (Fsp3) is 0.0800. The number of amides is 3. The second kappa shape index (κ2) is 9.61. The summed E-state index contributed by atoms with van der Waals surface area (Å²) in [6.45, 7) is 0.537. The van der Waals surface area contributed by atoms with E-state index in [1.807, 2.05) is 36.4 Å². The van der Waals surface area contributed by atoms with E-state index in [9.17, 15) is 14.4 Å². The fourth-order valence-electron chi connectivity index (χ4n) is 3.28. The van der Waals surface area contributed by atoms with Gasteiger partial charge in [-0.3, -0.25) is 14.4 Å². The number of carbonyl (C=O) groups is 3. The molecule has 3 amide bonds. The van der Waals surface area contributed by atoms with Crippen LogP contribution in [0, 0.1) is 0 Å². The van der Waals surface area contributed by atoms with E-state index in [1.165, 1.54) is 6.26 Å². The smallest absolute Gasteiger partial charge is 0.287 e. The van der Waals surface area contributed by atoms with Gasteiger partial charge in [0.05, 0.1) is 6.26 Å². The normalized spacial score (nSPS) is 10.5. The van der Waals surface area contributed by atoms with Crippen LogP contribution in [0.25, 0.3) is 10.8 Å². The monoisotopic (exact) mass is 427 g/mol. The van der Waals surface area contributed by atoms with Gasteiger partial charge in [0.25, 0.3) is 17.7 Å². The van der Waals surface area contributed by atoms with Crippen LogP contribution in [0.1, 0.15) is 31.3 Å². The van der Waals surface area contributed by atoms with E-state index in [2.05, 4.69) is 16.0 Å². The Labute approximate surface area is 184 Å². The van der Waals surface area contributed by atoms with Gasteiger partial charge in [-0.15, -0.1) is 0 Å². The lowest BCUT2D eigenvalue weighted by molar-refractivity contribution is 0.0910. The van der Waals surface area contributed by atoms with Crippen molar-refractivity contribution in [2.45, 2.75) is 0 Å². The molecule has 3 N–H and O–H groups in total. The minimum atomic E-state index is -0.337. The number of rotatable bonds is 7. The Kier molecular flexibility index (Phi) is 6.27. The van der Waals surface area contributed by atoms with Crippen LogP contribution in [-0.2, 0) is 0 Å². The highest BCUT2D eigenvalue weighted by Crippen LogP contribution is 2.20. The zero-order valence-corrected chi connectivity index (χ0v) is 17.1. The van der Waals surface area contributed by atoms with Crippen LogP contribution in [0.2, 0.25) is 0 Å². The number of furan rings is 1. The molecule has 0 saturated heterocycles. The molecule has 0 aliphatic carbocycles. The van der Waals surface area contributed by atoms with Crippen LogP contribution in [0.4, 0.5) is 5.69 Å². The molecule has 0 spiro atoms. The average molecular weight is 427 g/mol. The number of hydrogen-bond acceptors (Lipinski definition) is 4. The van der Waals surface area contributed by atoms with Gasteiger partial charge in [-0.2, -0.15) is 0 Å². The van der Waals surface area contributed by atoms with Crippen molar-refractivity contribution in [2.24, 2.45) is 0 Å². The first-order valence-electron chi connectivity index (χ1n) is 10.1. The molecule has 7 nitrogen and oxygen atoms in total. The van der Waals surface area contributed by atoms with E-state index < -0.39 is 0 Å². The van der Waals surface area contributed by atoms with E-state index in [0.717, 1.165) is 10.8 Å². The van der Waals surface area contributed by atoms with E-state index in [4.69, 9.17) is 4.42 Å². The summed E-state index contributed by atoms with van der Waals surface area (Å²) in [5.41, 5.74) is 1.62. The van der Waals surface area contributed by atoms with Gasteiger partial charge in [0, 0.05) is 29.9 Å². The van der Waals surface area contributed by atoms with Crippen molar-refractivity contribution in [3.8, 4) is 0 Å². The summed E-state index contributed by atoms with van der Waals surface area (Å²) in [6, 6.07) is 23.1. The standard InChI is InChI=1S/C25H21N3O4/c29-23(26-14-15-27-25(31)22-9-4-16-32-22)18-10-12-19(13-11-18)28-24(30)21-8-3-6-17-5-1-2-7-20(17)21/h1-13,16H,14-15H2,(H,26,29)(H,27,31)(H,28,30). The molecule has 32 heavy (non-hydrogen) atoms. The van der Waals surface area contributed by atoms with Gasteiger partial charge in [0.15, 0.2) is 5.76 Å². The minimum Gasteiger partial charge on any atom is -0.459 e. The van der Waals surface area contributed by atoms with Crippen molar-refractivity contribution in [2.75, 3.05) is 18.4 Å². The molecule has 0 fully saturated rings. The Bertz CT molecular complexity index is 1240. The third kappa shape index (κ3) is 4.84. The first-order chi connectivity index (χ1) is 15.6. The fourth-order valence-corrected chi connectivity index (χ4v) is 3.28. The quantitative estimate of drug-likeness (QED) is 0.390. The van der Waals surface area contributed by atoms with Gasteiger partial charge in [-0.25, -0.2) is 0 Å². The van der Waals surface area contributed by atoms with Gasteiger partial charge in [0.1, 0.15) is 0 Å². The third-order valence-corrected chi connectivity index (χ3v) is 4.88. The molecule has 0 aliphatic heterocycles. The minimum absolute atomic E-state index is 0.216. The zero-order valence-electron chi connectivity index (χ0n) is 17.1. The van der Waals surface area contributed by atoms with Crippen LogP contribution < -0.4 is 16.0 Å². The zero-order chi connectivity index (χ0) is 22.3. The molecule has 0 bridgehead atoms. The number of benzene rings is 3. The van der Waals surface area contributed by atoms with Crippen molar-refractivity contribution in [3.05, 3.63) is 102 Å². The van der Waals surface area contributed by atoms with Crippen LogP contribution in [0.3, 0.4) is 0 Å². The van der Waals surface area contributed by atoms with Crippen molar-refractivity contribution in [1.82, 2.24) is 10.6 Å². The molecule has 0 saturated carbocycles. The van der Waals surface area contributed by atoms with Gasteiger partial charge in [-0.1, -0.05) is 36.4 Å². The lowest BCUT2D eigenvalue weighted by atomic mass is 10.0. The maximum Gasteiger partial charge on any atom is 0.287 e. The summed E-state index contributed by atoms with van der Waals surface area (Å²) >= 11 is 0. The van der Waals surface area contributed by atoms with Crippen LogP contribution in [-0.4, -0.2) is 30.8 Å². The molecule has 0 unspecified atom stereocenters. The second-order valence-corrected chi connectivity index (χ2v) is 7.05. The van der Waals surface area contributed by atoms with E-state index in [0.29, 0.717) is 16.8 Å². The molecule has 1 heterocycles. The molecule has 0 aliphatic rings. The van der Waals surface area contributed by atoms with E-state index in [-0.39, 0.29) is 36.6 Å². The first-order valence-corrected chi connectivity index (χ1v) is 10.1. The molecule has 0 radical (unpaired) electrons. The maximum absolute atomic E-state index is 12.7. The van der Waals surface area contributed by atoms with Gasteiger partial charge < -0.3 is 20.4 Å². The van der Waals surface area contributed by atoms with Crippen LogP contribution in [0.15, 0.2) is 89.5 Å². The molecule has 3 aromatic carbocycles. The number of hydrogen-bond donors (Lipinski definition) is 3. The molecule has 4 rings (SSSR count). The summed E-state index contributed by atoms with van der Waals surface area (Å²) in [5, 5.41) is 10.1. The van der Waals surface area contributed by atoms with Gasteiger partial charge >= 0.3 is 0 Å². The Morgan fingerprint density at radius 1 is 0.688 bits per heavy atom. The Morgan fingerprint density at radius 3 is 2.16 bits per heavy atom. The highest BCUT2D eigenvalue weighted by atomic mass is 16.3. The van der Waals surface area contributed by atoms with Crippen molar-refractivity contribution in [1.29, 1.82) is 0 Å². The molecule has 1 aromatic heterocycles. The number of nitrogens with one attached hydrogen (secondary N) is 3. The summed E-state index contributed by atoms with van der Waals surface area (Å²) in [6.07, 6.45) is 1.42. The summed E-state index contributed by atoms with van der Waals surface area (Å²) in [7, 11) is 0. The van der Waals surface area contributed by atoms with E-state index in [1.54, 1.807) is 42.5 Å². The molecule has 4 aromatic rings. The van der Waals surface area contributed by atoms with E-state index >= 15 is 0 Å². The maximum atomic E-state index is 12.7. The third-order valence-electron chi connectivity index (χ3n) is 4.88. The molecule has 7 heteroatoms. The predicted octanol–water partition coefficient (Wildman–Crippen LogP) is 3.84. The number of fused-ring (bicyclic) bond motifs is 1. The Balaban J connectivity index is 1.30. The van der Waals surface area contributed by atoms with Crippen molar-refractivity contribution >= 4 is 34.2 Å². The highest BCUT2D eigenvalue weighted by molar-refractivity contribution is 6.13. The highest BCUT2D eigenvalue weighted by Gasteiger charge is 2.11. The number of carbonyl (C=O) groups excluding carboxylic acids is 3. The molecular formula is C25H21N3O4. The lowest BCUT2D eigenvalue weighted by Gasteiger charge is -2.09. The van der Waals surface area contributed by atoms with Crippen LogP contribution in [0.5, 0.6) is 0 Å². The van der Waals surface area contributed by atoms with Crippen molar-refractivity contribution < 1.29 is 18.8 Å². The molecular weight excluding hydrogens is 406 g/mol. The van der Waals surface area contributed by atoms with Crippen molar-refractivity contribution in [3.63, 3.8) is 0 Å². The Hall–Kier alpha value is -4.39. The topological polar surface area (TPSA) is 100 Å². The predicted molar refractivity (Wildman–Crippen MR) is 122 cm³/mol. The van der Waals surface area contributed by atoms with Gasteiger partial charge in [-0.05, 0) is 53.2 Å². The first kappa shape index (κ1) is 20.9. The van der Waals surface area contributed by atoms with Crippen LogP contribution >= 0.6 is 0 Å². The Morgan fingerprint density at radius 2 is 1.41 bits per heavy atom. The summed E-state index contributed by atoms with van der Waals surface area (Å²) < 4.78 is 5.00. The largest absolute Gasteiger partial charge is 0.459 e.